The zero-order chi connectivity index (χ0) is 28.1. The van der Waals surface area contributed by atoms with Crippen LogP contribution in [0.15, 0.2) is 152 Å². The molecule has 10 rings (SSSR count). The first-order valence-corrected chi connectivity index (χ1v) is 15.0. The largest absolute Gasteiger partial charge is 0.309 e. The summed E-state index contributed by atoms with van der Waals surface area (Å²) >= 11 is 0. The summed E-state index contributed by atoms with van der Waals surface area (Å²) in [6.07, 6.45) is 0. The molecule has 0 amide bonds. The maximum atomic E-state index is 2.44. The van der Waals surface area contributed by atoms with Crippen LogP contribution in [0.25, 0.3) is 93.2 Å². The van der Waals surface area contributed by atoms with E-state index >= 15 is 0 Å². The van der Waals surface area contributed by atoms with Gasteiger partial charge in [-0.05, 0) is 90.0 Å². The van der Waals surface area contributed by atoms with Crippen molar-refractivity contribution in [1.82, 2.24) is 4.57 Å². The van der Waals surface area contributed by atoms with Gasteiger partial charge >= 0.3 is 0 Å². The number of fused-ring (bicyclic) bond motifs is 10. The average Bonchev–Trinajstić information content (AvgIpc) is 3.60. The van der Waals surface area contributed by atoms with Crippen molar-refractivity contribution in [3.63, 3.8) is 0 Å². The van der Waals surface area contributed by atoms with Crippen LogP contribution in [-0.4, -0.2) is 4.57 Å². The molecule has 0 aliphatic heterocycles. The van der Waals surface area contributed by atoms with Crippen molar-refractivity contribution in [1.29, 1.82) is 0 Å². The summed E-state index contributed by atoms with van der Waals surface area (Å²) in [7, 11) is 0. The molecular formula is C42H25N. The van der Waals surface area contributed by atoms with Crippen molar-refractivity contribution in [3.8, 4) is 39.1 Å². The Labute approximate surface area is 248 Å². The summed E-state index contributed by atoms with van der Waals surface area (Å²) in [5.41, 5.74) is 11.5. The summed E-state index contributed by atoms with van der Waals surface area (Å²) in [6, 6.07) is 55.9. The first-order chi connectivity index (χ1) is 21.3. The van der Waals surface area contributed by atoms with E-state index in [-0.39, 0.29) is 0 Å². The van der Waals surface area contributed by atoms with Gasteiger partial charge in [-0.3, -0.25) is 0 Å². The SMILES string of the molecule is c1ccc2c(c1)-c1cccc3c(-c4ccc(-n5c6ccc7ccccc7c6c6c7ccccc7ccc65)cc4)ccc-2c13. The fraction of sp³-hybridized carbons (Fsp3) is 0. The van der Waals surface area contributed by atoms with Gasteiger partial charge in [-0.25, -0.2) is 0 Å². The Bertz CT molecular complexity index is 2480. The van der Waals surface area contributed by atoms with Crippen LogP contribution < -0.4 is 0 Å². The van der Waals surface area contributed by atoms with Crippen molar-refractivity contribution < 1.29 is 0 Å². The topological polar surface area (TPSA) is 4.93 Å². The monoisotopic (exact) mass is 543 g/mol. The van der Waals surface area contributed by atoms with E-state index in [2.05, 4.69) is 156 Å². The van der Waals surface area contributed by atoms with Crippen LogP contribution in [0, 0.1) is 0 Å². The molecule has 8 aromatic carbocycles. The molecule has 198 valence electrons. The van der Waals surface area contributed by atoms with Gasteiger partial charge in [0.2, 0.25) is 0 Å². The molecule has 1 heteroatoms. The summed E-state index contributed by atoms with van der Waals surface area (Å²) < 4.78 is 2.44. The van der Waals surface area contributed by atoms with Gasteiger partial charge < -0.3 is 4.57 Å². The smallest absolute Gasteiger partial charge is 0.0547 e. The average molecular weight is 544 g/mol. The molecule has 0 saturated heterocycles. The molecule has 0 N–H and O–H groups in total. The molecule has 1 nitrogen and oxygen atoms in total. The Morgan fingerprint density at radius 1 is 0.302 bits per heavy atom. The van der Waals surface area contributed by atoms with Gasteiger partial charge in [0.15, 0.2) is 0 Å². The predicted molar refractivity (Wildman–Crippen MR) is 183 cm³/mol. The van der Waals surface area contributed by atoms with Crippen LogP contribution >= 0.6 is 0 Å². The first-order valence-electron chi connectivity index (χ1n) is 15.0. The fourth-order valence-electron chi connectivity index (χ4n) is 7.68. The molecule has 1 aliphatic carbocycles. The molecule has 0 bridgehead atoms. The number of hydrogen-bond donors (Lipinski definition) is 0. The summed E-state index contributed by atoms with van der Waals surface area (Å²) in [5.74, 6) is 0. The Morgan fingerprint density at radius 2 is 0.814 bits per heavy atom. The zero-order valence-electron chi connectivity index (χ0n) is 23.4. The maximum Gasteiger partial charge on any atom is 0.0547 e. The second-order valence-electron chi connectivity index (χ2n) is 11.7. The van der Waals surface area contributed by atoms with E-state index in [4.69, 9.17) is 0 Å². The number of hydrogen-bond acceptors (Lipinski definition) is 0. The van der Waals surface area contributed by atoms with Crippen molar-refractivity contribution in [3.05, 3.63) is 152 Å². The molecule has 1 aliphatic rings. The van der Waals surface area contributed by atoms with Gasteiger partial charge in [-0.15, -0.1) is 0 Å². The molecule has 0 radical (unpaired) electrons. The quantitative estimate of drug-likeness (QED) is 0.204. The van der Waals surface area contributed by atoms with E-state index < -0.39 is 0 Å². The van der Waals surface area contributed by atoms with Gasteiger partial charge in [0.05, 0.1) is 11.0 Å². The van der Waals surface area contributed by atoms with E-state index in [9.17, 15) is 0 Å². The van der Waals surface area contributed by atoms with Crippen molar-refractivity contribution in [2.45, 2.75) is 0 Å². The highest BCUT2D eigenvalue weighted by Crippen LogP contribution is 2.49. The highest BCUT2D eigenvalue weighted by atomic mass is 15.0. The molecule has 1 heterocycles. The number of aromatic nitrogens is 1. The van der Waals surface area contributed by atoms with Gasteiger partial charge in [0.1, 0.15) is 0 Å². The van der Waals surface area contributed by atoms with Gasteiger partial charge in [-0.2, -0.15) is 0 Å². The Hall–Kier alpha value is -5.66. The molecule has 0 atom stereocenters. The lowest BCUT2D eigenvalue weighted by atomic mass is 9.94. The molecule has 0 unspecified atom stereocenters. The molecule has 0 fully saturated rings. The zero-order valence-corrected chi connectivity index (χ0v) is 23.4. The van der Waals surface area contributed by atoms with E-state index in [1.54, 1.807) is 0 Å². The van der Waals surface area contributed by atoms with Crippen LogP contribution in [0.5, 0.6) is 0 Å². The van der Waals surface area contributed by atoms with Crippen LogP contribution in [0.2, 0.25) is 0 Å². The minimum atomic E-state index is 1.17. The standard InChI is InChI=1S/C42H25N/c1-3-10-31-26(8-1)18-24-38-41(31)42-32-11-4-2-9-27(32)19-25-39(42)43(38)29-20-16-28(17-21-29)30-22-23-37-34-13-6-5-12-33(34)36-15-7-14-35(30)40(36)37/h1-25H. The van der Waals surface area contributed by atoms with Crippen LogP contribution in [0.1, 0.15) is 0 Å². The predicted octanol–water partition coefficient (Wildman–Crippen LogP) is 11.6. The summed E-state index contributed by atoms with van der Waals surface area (Å²) in [6.45, 7) is 0. The summed E-state index contributed by atoms with van der Waals surface area (Å²) in [4.78, 5) is 0. The highest BCUT2D eigenvalue weighted by molar-refractivity contribution is 6.28. The van der Waals surface area contributed by atoms with Crippen LogP contribution in [0.3, 0.4) is 0 Å². The molecule has 0 saturated carbocycles. The van der Waals surface area contributed by atoms with Gasteiger partial charge in [0.25, 0.3) is 0 Å². The van der Waals surface area contributed by atoms with Crippen molar-refractivity contribution >= 4 is 54.1 Å². The molecule has 9 aromatic rings. The number of rotatable bonds is 2. The second kappa shape index (κ2) is 8.44. The highest BCUT2D eigenvalue weighted by Gasteiger charge is 2.22. The molecule has 1 aromatic heterocycles. The van der Waals surface area contributed by atoms with E-state index in [0.29, 0.717) is 0 Å². The Morgan fingerprint density at radius 3 is 1.47 bits per heavy atom. The third-order valence-corrected chi connectivity index (χ3v) is 9.53. The van der Waals surface area contributed by atoms with Crippen molar-refractivity contribution in [2.24, 2.45) is 0 Å². The first kappa shape index (κ1) is 23.0. The lowest BCUT2D eigenvalue weighted by molar-refractivity contribution is 1.18. The van der Waals surface area contributed by atoms with Crippen molar-refractivity contribution in [2.75, 3.05) is 0 Å². The normalized spacial score (nSPS) is 12.2. The van der Waals surface area contributed by atoms with Gasteiger partial charge in [0, 0.05) is 16.5 Å². The van der Waals surface area contributed by atoms with Crippen LogP contribution in [0.4, 0.5) is 0 Å². The maximum absolute atomic E-state index is 2.44. The Balaban J connectivity index is 1.20. The van der Waals surface area contributed by atoms with E-state index in [1.807, 2.05) is 0 Å². The van der Waals surface area contributed by atoms with E-state index in [1.165, 1.54) is 93.2 Å². The van der Waals surface area contributed by atoms with E-state index in [0.717, 1.165) is 0 Å². The fourth-order valence-corrected chi connectivity index (χ4v) is 7.68. The summed E-state index contributed by atoms with van der Waals surface area (Å²) in [5, 5.41) is 10.5. The molecule has 43 heavy (non-hydrogen) atoms. The van der Waals surface area contributed by atoms with Crippen LogP contribution in [-0.2, 0) is 0 Å². The minimum absolute atomic E-state index is 1.17. The number of nitrogens with zero attached hydrogens (tertiary/aromatic N) is 1. The minimum Gasteiger partial charge on any atom is -0.309 e. The second-order valence-corrected chi connectivity index (χ2v) is 11.7. The lowest BCUT2D eigenvalue weighted by Crippen LogP contribution is -1.94. The molecular weight excluding hydrogens is 518 g/mol. The number of benzene rings is 8. The third kappa shape index (κ3) is 3.06. The Kier molecular flexibility index (Phi) is 4.51. The molecule has 0 spiro atoms. The lowest BCUT2D eigenvalue weighted by Gasteiger charge is -2.12. The van der Waals surface area contributed by atoms with Gasteiger partial charge in [-0.1, -0.05) is 127 Å². The third-order valence-electron chi connectivity index (χ3n) is 9.53.